The maximum absolute atomic E-state index is 12.0. The van der Waals surface area contributed by atoms with E-state index < -0.39 is 0 Å². The molecule has 1 amide bonds. The van der Waals surface area contributed by atoms with E-state index in [2.05, 4.69) is 48.4 Å². The molecule has 0 aliphatic carbocycles. The van der Waals surface area contributed by atoms with Crippen LogP contribution in [-0.2, 0) is 16.8 Å². The lowest BCUT2D eigenvalue weighted by Gasteiger charge is -2.18. The zero-order valence-electron chi connectivity index (χ0n) is 16.1. The molecule has 28 heavy (non-hydrogen) atoms. The van der Waals surface area contributed by atoms with Crippen LogP contribution in [0.4, 0.5) is 0 Å². The van der Waals surface area contributed by atoms with Crippen molar-refractivity contribution in [3.63, 3.8) is 0 Å². The molecular formula is C22H22ClN3O2. The molecule has 0 saturated heterocycles. The maximum Gasteiger partial charge on any atom is 0.246 e. The molecule has 0 atom stereocenters. The maximum atomic E-state index is 12.0. The fourth-order valence-electron chi connectivity index (χ4n) is 2.53. The summed E-state index contributed by atoms with van der Waals surface area (Å²) in [4.78, 5) is 16.3. The number of carbonyl (C=O) groups excluding carboxylic acids is 1. The molecule has 0 spiro atoms. The molecule has 3 aromatic rings. The van der Waals surface area contributed by atoms with E-state index in [1.807, 2.05) is 24.3 Å². The van der Waals surface area contributed by atoms with Crippen LogP contribution >= 0.6 is 11.6 Å². The smallest absolute Gasteiger partial charge is 0.246 e. The first-order chi connectivity index (χ1) is 13.3. The summed E-state index contributed by atoms with van der Waals surface area (Å²) in [5, 5.41) is 7.29. The molecule has 0 aliphatic heterocycles. The molecule has 0 aliphatic rings. The number of aromatic nitrogens is 2. The largest absolute Gasteiger partial charge is 0.343 e. The first-order valence-electron chi connectivity index (χ1n) is 8.96. The minimum Gasteiger partial charge on any atom is -0.343 e. The van der Waals surface area contributed by atoms with Crippen LogP contribution in [0.25, 0.3) is 17.5 Å². The van der Waals surface area contributed by atoms with Gasteiger partial charge in [0.15, 0.2) is 0 Å². The molecule has 0 unspecified atom stereocenters. The van der Waals surface area contributed by atoms with Crippen LogP contribution in [0.5, 0.6) is 0 Å². The van der Waals surface area contributed by atoms with E-state index in [9.17, 15) is 4.79 Å². The first-order valence-corrected chi connectivity index (χ1v) is 9.34. The summed E-state index contributed by atoms with van der Waals surface area (Å²) < 4.78 is 5.17. The Bertz CT molecular complexity index is 968. The summed E-state index contributed by atoms with van der Waals surface area (Å²) >= 11 is 5.87. The molecule has 6 heteroatoms. The van der Waals surface area contributed by atoms with Crippen LogP contribution in [0.15, 0.2) is 59.1 Å². The summed E-state index contributed by atoms with van der Waals surface area (Å²) in [7, 11) is 0. The molecular weight excluding hydrogens is 374 g/mol. The van der Waals surface area contributed by atoms with Gasteiger partial charge in [-0.05, 0) is 46.9 Å². The quantitative estimate of drug-likeness (QED) is 0.616. The van der Waals surface area contributed by atoms with Crippen molar-refractivity contribution in [2.75, 3.05) is 0 Å². The highest BCUT2D eigenvalue weighted by Gasteiger charge is 2.12. The number of rotatable bonds is 5. The minimum absolute atomic E-state index is 0.106. The molecule has 0 saturated carbocycles. The van der Waals surface area contributed by atoms with Gasteiger partial charge in [0.2, 0.25) is 17.6 Å². The zero-order valence-corrected chi connectivity index (χ0v) is 16.8. The normalized spacial score (nSPS) is 11.7. The van der Waals surface area contributed by atoms with E-state index in [4.69, 9.17) is 16.1 Å². The van der Waals surface area contributed by atoms with Crippen LogP contribution in [0.2, 0.25) is 5.02 Å². The van der Waals surface area contributed by atoms with Crippen molar-refractivity contribution >= 4 is 23.6 Å². The van der Waals surface area contributed by atoms with Gasteiger partial charge in [-0.25, -0.2) is 0 Å². The van der Waals surface area contributed by atoms with Crippen LogP contribution in [0.3, 0.4) is 0 Å². The highest BCUT2D eigenvalue weighted by atomic mass is 35.5. The van der Waals surface area contributed by atoms with E-state index in [0.717, 1.165) is 11.1 Å². The Morgan fingerprint density at radius 2 is 1.79 bits per heavy atom. The minimum atomic E-state index is -0.230. The molecule has 5 nitrogen and oxygen atoms in total. The third-order valence-electron chi connectivity index (χ3n) is 4.19. The van der Waals surface area contributed by atoms with E-state index >= 15 is 0 Å². The summed E-state index contributed by atoms with van der Waals surface area (Å²) in [6, 6.07) is 15.3. The van der Waals surface area contributed by atoms with Gasteiger partial charge >= 0.3 is 0 Å². The van der Waals surface area contributed by atoms with E-state index in [1.165, 1.54) is 11.6 Å². The van der Waals surface area contributed by atoms with Crippen molar-refractivity contribution in [3.05, 3.63) is 76.6 Å². The number of benzene rings is 2. The fraction of sp³-hybridized carbons (Fsp3) is 0.227. The average molecular weight is 396 g/mol. The monoisotopic (exact) mass is 395 g/mol. The number of nitrogens with zero attached hydrogens (tertiary/aromatic N) is 2. The Morgan fingerprint density at radius 1 is 1.11 bits per heavy atom. The molecule has 1 heterocycles. The van der Waals surface area contributed by atoms with Crippen molar-refractivity contribution in [2.45, 2.75) is 32.7 Å². The summed E-state index contributed by atoms with van der Waals surface area (Å²) in [5.41, 5.74) is 3.12. The van der Waals surface area contributed by atoms with Crippen LogP contribution in [0, 0.1) is 0 Å². The van der Waals surface area contributed by atoms with Gasteiger partial charge in [-0.15, -0.1) is 0 Å². The number of carbonyl (C=O) groups is 1. The van der Waals surface area contributed by atoms with Crippen LogP contribution < -0.4 is 5.32 Å². The summed E-state index contributed by atoms with van der Waals surface area (Å²) in [6.07, 6.45) is 3.26. The second-order valence-corrected chi connectivity index (χ2v) is 7.88. The lowest BCUT2D eigenvalue weighted by atomic mass is 9.87. The van der Waals surface area contributed by atoms with Gasteiger partial charge < -0.3 is 9.84 Å². The molecule has 1 N–H and O–H groups in total. The van der Waals surface area contributed by atoms with Crippen molar-refractivity contribution in [3.8, 4) is 11.4 Å². The van der Waals surface area contributed by atoms with Crippen LogP contribution in [-0.4, -0.2) is 16.0 Å². The predicted molar refractivity (Wildman–Crippen MR) is 111 cm³/mol. The predicted octanol–water partition coefficient (Wildman–Crippen LogP) is 5.02. The third kappa shape index (κ3) is 5.30. The Hall–Kier alpha value is -2.92. The molecule has 0 radical (unpaired) electrons. The fourth-order valence-corrected chi connectivity index (χ4v) is 2.66. The number of amides is 1. The topological polar surface area (TPSA) is 68.0 Å². The van der Waals surface area contributed by atoms with Crippen molar-refractivity contribution < 1.29 is 9.32 Å². The molecule has 3 rings (SSSR count). The van der Waals surface area contributed by atoms with Gasteiger partial charge in [0.1, 0.15) is 0 Å². The third-order valence-corrected chi connectivity index (χ3v) is 4.44. The molecule has 0 bridgehead atoms. The van der Waals surface area contributed by atoms with Crippen molar-refractivity contribution in [1.82, 2.24) is 15.5 Å². The standard InChI is InChI=1S/C22H22ClN3O2/c1-22(2,3)17-9-4-15(5-10-17)6-13-19(27)24-14-20-25-21(26-28-20)16-7-11-18(23)12-8-16/h4-13H,14H2,1-3H3,(H,24,27)/b13-6+. The molecule has 1 aromatic heterocycles. The van der Waals surface area contributed by atoms with E-state index in [1.54, 1.807) is 18.2 Å². The average Bonchev–Trinajstić information content (AvgIpc) is 3.14. The lowest BCUT2D eigenvalue weighted by molar-refractivity contribution is -0.116. The summed E-state index contributed by atoms with van der Waals surface area (Å²) in [6.45, 7) is 6.66. The van der Waals surface area contributed by atoms with Gasteiger partial charge in [0.05, 0.1) is 6.54 Å². The van der Waals surface area contributed by atoms with Gasteiger partial charge in [0, 0.05) is 16.7 Å². The molecule has 144 valence electrons. The Kier molecular flexibility index (Phi) is 5.95. The zero-order chi connectivity index (χ0) is 20.1. The van der Waals surface area contributed by atoms with E-state index in [0.29, 0.717) is 16.7 Å². The van der Waals surface area contributed by atoms with Crippen molar-refractivity contribution in [2.24, 2.45) is 0 Å². The van der Waals surface area contributed by atoms with E-state index in [-0.39, 0.29) is 17.9 Å². The van der Waals surface area contributed by atoms with Gasteiger partial charge in [0.25, 0.3) is 0 Å². The Labute approximate surface area is 169 Å². The van der Waals surface area contributed by atoms with Gasteiger partial charge in [-0.3, -0.25) is 4.79 Å². The van der Waals surface area contributed by atoms with Crippen LogP contribution in [0.1, 0.15) is 37.8 Å². The molecule has 2 aromatic carbocycles. The first kappa shape index (κ1) is 19.8. The van der Waals surface area contributed by atoms with Gasteiger partial charge in [-0.1, -0.05) is 61.8 Å². The highest BCUT2D eigenvalue weighted by molar-refractivity contribution is 6.30. The lowest BCUT2D eigenvalue weighted by Crippen LogP contribution is -2.20. The number of hydrogen-bond donors (Lipinski definition) is 1. The Morgan fingerprint density at radius 3 is 2.43 bits per heavy atom. The summed E-state index contributed by atoms with van der Waals surface area (Å²) in [5.74, 6) is 0.558. The Balaban J connectivity index is 1.54. The van der Waals surface area contributed by atoms with Gasteiger partial charge in [-0.2, -0.15) is 4.98 Å². The SMILES string of the molecule is CC(C)(C)c1ccc(/C=C/C(=O)NCc2nc(-c3ccc(Cl)cc3)no2)cc1. The molecule has 0 fully saturated rings. The second-order valence-electron chi connectivity index (χ2n) is 7.44. The second kappa shape index (κ2) is 8.40. The number of hydrogen-bond acceptors (Lipinski definition) is 4. The number of halogens is 1. The number of nitrogens with one attached hydrogen (secondary N) is 1. The highest BCUT2D eigenvalue weighted by Crippen LogP contribution is 2.22. The van der Waals surface area contributed by atoms with Crippen molar-refractivity contribution in [1.29, 1.82) is 0 Å².